The van der Waals surface area contributed by atoms with Crippen molar-refractivity contribution >= 4 is 11.8 Å². The third-order valence-corrected chi connectivity index (χ3v) is 4.98. The van der Waals surface area contributed by atoms with Gasteiger partial charge in [0.25, 0.3) is 5.91 Å². The fraction of sp³-hybridized carbons (Fsp3) is 0.115. The van der Waals surface area contributed by atoms with Crippen LogP contribution in [-0.2, 0) is 17.9 Å². The molecule has 1 heterocycles. The molecule has 4 aromatic rings. The Balaban J connectivity index is 1.45. The maximum Gasteiger partial charge on any atom is 0.255 e. The van der Waals surface area contributed by atoms with Crippen molar-refractivity contribution in [3.8, 4) is 11.3 Å². The number of carbonyl (C=O) groups is 2. The van der Waals surface area contributed by atoms with Crippen LogP contribution in [0.2, 0.25) is 0 Å². The summed E-state index contributed by atoms with van der Waals surface area (Å²) < 4.78 is 1.75. The van der Waals surface area contributed by atoms with Crippen LogP contribution >= 0.6 is 0 Å². The Bertz CT molecular complexity index is 1170. The maximum atomic E-state index is 12.9. The van der Waals surface area contributed by atoms with Crippen LogP contribution in [0.25, 0.3) is 11.3 Å². The van der Waals surface area contributed by atoms with Gasteiger partial charge in [0, 0.05) is 18.3 Å². The molecule has 0 saturated carbocycles. The monoisotopic (exact) mass is 424 g/mol. The molecule has 4 rings (SSSR count). The average Bonchev–Trinajstić information content (AvgIpc) is 3.27. The minimum absolute atomic E-state index is 0.107. The molecule has 0 fully saturated rings. The van der Waals surface area contributed by atoms with E-state index in [1.807, 2.05) is 91.0 Å². The van der Waals surface area contributed by atoms with Crippen LogP contribution in [0.1, 0.15) is 21.5 Å². The molecular formula is C26H24N4O2. The highest BCUT2D eigenvalue weighted by atomic mass is 16.2. The standard InChI is InChI=1S/C26H24N4O2/c31-24(27-16-20-10-4-1-5-11-20)17-28-26(32)23-19-30(18-21-12-6-2-7-13-21)29-25(23)22-14-8-3-9-15-22/h1-15,19H,16-18H2,(H,27,31)(H,28,32). The van der Waals surface area contributed by atoms with Crippen LogP contribution in [0.5, 0.6) is 0 Å². The summed E-state index contributed by atoms with van der Waals surface area (Å²) in [6.45, 7) is 0.856. The Morgan fingerprint density at radius 1 is 0.750 bits per heavy atom. The van der Waals surface area contributed by atoms with Gasteiger partial charge in [-0.05, 0) is 11.1 Å². The van der Waals surface area contributed by atoms with Crippen molar-refractivity contribution in [1.82, 2.24) is 20.4 Å². The molecule has 0 aliphatic rings. The Labute approximate surface area is 186 Å². The van der Waals surface area contributed by atoms with Crippen molar-refractivity contribution in [3.05, 3.63) is 114 Å². The second-order valence-electron chi connectivity index (χ2n) is 7.39. The van der Waals surface area contributed by atoms with Gasteiger partial charge in [0.15, 0.2) is 0 Å². The lowest BCUT2D eigenvalue weighted by molar-refractivity contribution is -0.120. The Morgan fingerprint density at radius 2 is 1.34 bits per heavy atom. The van der Waals surface area contributed by atoms with E-state index in [9.17, 15) is 9.59 Å². The molecule has 0 bridgehead atoms. The lowest BCUT2D eigenvalue weighted by atomic mass is 10.1. The number of amides is 2. The van der Waals surface area contributed by atoms with Crippen molar-refractivity contribution in [1.29, 1.82) is 0 Å². The minimum atomic E-state index is -0.335. The number of aromatic nitrogens is 2. The van der Waals surface area contributed by atoms with E-state index in [1.165, 1.54) is 0 Å². The number of hydrogen-bond acceptors (Lipinski definition) is 3. The van der Waals surface area contributed by atoms with Crippen LogP contribution in [0.15, 0.2) is 97.2 Å². The summed E-state index contributed by atoms with van der Waals surface area (Å²) in [6.07, 6.45) is 1.73. The molecule has 0 saturated heterocycles. The second-order valence-corrected chi connectivity index (χ2v) is 7.39. The van der Waals surface area contributed by atoms with Crippen molar-refractivity contribution in [2.45, 2.75) is 13.1 Å². The van der Waals surface area contributed by atoms with Crippen LogP contribution in [0, 0.1) is 0 Å². The van der Waals surface area contributed by atoms with Gasteiger partial charge in [0.1, 0.15) is 5.69 Å². The highest BCUT2D eigenvalue weighted by Crippen LogP contribution is 2.22. The predicted octanol–water partition coefficient (Wildman–Crippen LogP) is 3.64. The van der Waals surface area contributed by atoms with Crippen LogP contribution in [-0.4, -0.2) is 28.1 Å². The lowest BCUT2D eigenvalue weighted by Gasteiger charge is -2.07. The highest BCUT2D eigenvalue weighted by molar-refractivity contribution is 6.01. The fourth-order valence-electron chi connectivity index (χ4n) is 3.36. The number of nitrogens with one attached hydrogen (secondary N) is 2. The first kappa shape index (κ1) is 21.1. The topological polar surface area (TPSA) is 76.0 Å². The molecule has 0 radical (unpaired) electrons. The largest absolute Gasteiger partial charge is 0.350 e. The first-order valence-corrected chi connectivity index (χ1v) is 10.4. The van der Waals surface area contributed by atoms with Gasteiger partial charge in [0.05, 0.1) is 18.7 Å². The molecule has 6 heteroatoms. The molecule has 32 heavy (non-hydrogen) atoms. The zero-order valence-corrected chi connectivity index (χ0v) is 17.6. The Morgan fingerprint density at radius 3 is 2.00 bits per heavy atom. The third-order valence-electron chi connectivity index (χ3n) is 4.98. The van der Waals surface area contributed by atoms with E-state index < -0.39 is 0 Å². The molecule has 0 aliphatic heterocycles. The molecule has 0 aliphatic carbocycles. The third kappa shape index (κ3) is 5.49. The zero-order valence-electron chi connectivity index (χ0n) is 17.6. The first-order chi connectivity index (χ1) is 15.7. The van der Waals surface area contributed by atoms with Gasteiger partial charge in [0.2, 0.25) is 5.91 Å². The molecule has 160 valence electrons. The summed E-state index contributed by atoms with van der Waals surface area (Å²) in [5, 5.41) is 10.2. The smallest absolute Gasteiger partial charge is 0.255 e. The zero-order chi connectivity index (χ0) is 22.2. The summed E-state index contributed by atoms with van der Waals surface area (Å²) in [5.74, 6) is -0.585. The van der Waals surface area contributed by atoms with Gasteiger partial charge in [-0.15, -0.1) is 0 Å². The molecule has 3 aromatic carbocycles. The summed E-state index contributed by atoms with van der Waals surface area (Å²) >= 11 is 0. The average molecular weight is 425 g/mol. The van der Waals surface area contributed by atoms with E-state index >= 15 is 0 Å². The van der Waals surface area contributed by atoms with Crippen LogP contribution < -0.4 is 10.6 Å². The normalized spacial score (nSPS) is 10.5. The molecule has 0 atom stereocenters. The van der Waals surface area contributed by atoms with Crippen molar-refractivity contribution < 1.29 is 9.59 Å². The molecular weight excluding hydrogens is 400 g/mol. The fourth-order valence-corrected chi connectivity index (χ4v) is 3.36. The quantitative estimate of drug-likeness (QED) is 0.453. The number of hydrogen-bond donors (Lipinski definition) is 2. The van der Waals surface area contributed by atoms with Crippen molar-refractivity contribution in [2.24, 2.45) is 0 Å². The van der Waals surface area contributed by atoms with E-state index in [0.717, 1.165) is 16.7 Å². The number of nitrogens with zero attached hydrogens (tertiary/aromatic N) is 2. The van der Waals surface area contributed by atoms with E-state index in [1.54, 1.807) is 10.9 Å². The predicted molar refractivity (Wildman–Crippen MR) is 124 cm³/mol. The van der Waals surface area contributed by atoms with Gasteiger partial charge in [-0.2, -0.15) is 5.10 Å². The summed E-state index contributed by atoms with van der Waals surface area (Å²) in [5.41, 5.74) is 3.95. The molecule has 2 amide bonds. The first-order valence-electron chi connectivity index (χ1n) is 10.4. The number of rotatable bonds is 8. The molecule has 0 spiro atoms. The van der Waals surface area contributed by atoms with Crippen LogP contribution in [0.4, 0.5) is 0 Å². The molecule has 2 N–H and O–H groups in total. The minimum Gasteiger partial charge on any atom is -0.350 e. The van der Waals surface area contributed by atoms with Gasteiger partial charge in [-0.25, -0.2) is 0 Å². The van der Waals surface area contributed by atoms with E-state index in [2.05, 4.69) is 15.7 Å². The number of carbonyl (C=O) groups excluding carboxylic acids is 2. The molecule has 0 unspecified atom stereocenters. The van der Waals surface area contributed by atoms with Crippen molar-refractivity contribution in [2.75, 3.05) is 6.54 Å². The Hall–Kier alpha value is -4.19. The van der Waals surface area contributed by atoms with Gasteiger partial charge in [-0.3, -0.25) is 14.3 Å². The summed E-state index contributed by atoms with van der Waals surface area (Å²) in [6, 6.07) is 29.1. The van der Waals surface area contributed by atoms with E-state index in [-0.39, 0.29) is 18.4 Å². The maximum absolute atomic E-state index is 12.9. The second kappa shape index (κ2) is 10.2. The van der Waals surface area contributed by atoms with Gasteiger partial charge in [-0.1, -0.05) is 91.0 Å². The molecule has 1 aromatic heterocycles. The van der Waals surface area contributed by atoms with E-state index in [0.29, 0.717) is 24.3 Å². The van der Waals surface area contributed by atoms with E-state index in [4.69, 9.17) is 0 Å². The lowest BCUT2D eigenvalue weighted by Crippen LogP contribution is -2.36. The van der Waals surface area contributed by atoms with Crippen molar-refractivity contribution in [3.63, 3.8) is 0 Å². The molecule has 6 nitrogen and oxygen atoms in total. The van der Waals surface area contributed by atoms with Gasteiger partial charge >= 0.3 is 0 Å². The van der Waals surface area contributed by atoms with Gasteiger partial charge < -0.3 is 10.6 Å². The highest BCUT2D eigenvalue weighted by Gasteiger charge is 2.18. The van der Waals surface area contributed by atoms with Crippen LogP contribution in [0.3, 0.4) is 0 Å². The number of benzene rings is 3. The Kier molecular flexibility index (Phi) is 6.72. The SMILES string of the molecule is O=C(CNC(=O)c1cn(Cc2ccccc2)nc1-c1ccccc1)NCc1ccccc1. The summed E-state index contributed by atoms with van der Waals surface area (Å²) in [7, 11) is 0. The summed E-state index contributed by atoms with van der Waals surface area (Å²) in [4.78, 5) is 25.1.